The molecule has 0 spiro atoms. The van der Waals surface area contributed by atoms with Gasteiger partial charge in [0.2, 0.25) is 5.76 Å². The van der Waals surface area contributed by atoms with E-state index in [1.807, 2.05) is 32.0 Å². The van der Waals surface area contributed by atoms with Crippen molar-refractivity contribution in [3.63, 3.8) is 0 Å². The monoisotopic (exact) mass is 259 g/mol. The standard InChI is InChI=1S/C14H17N3O2/c1-9(2)12-13(19-10(3)17-12)14(18)16-8-11-6-4-5-7-15-11/h4-7,9H,8H2,1-3H3,(H,16,18). The Kier molecular flexibility index (Phi) is 3.94. The van der Waals surface area contributed by atoms with E-state index in [1.54, 1.807) is 13.1 Å². The predicted molar refractivity (Wildman–Crippen MR) is 70.7 cm³/mol. The number of hydrogen-bond donors (Lipinski definition) is 1. The molecular formula is C14H17N3O2. The molecule has 0 atom stereocenters. The van der Waals surface area contributed by atoms with Crippen molar-refractivity contribution in [2.75, 3.05) is 0 Å². The summed E-state index contributed by atoms with van der Waals surface area (Å²) in [5, 5.41) is 2.79. The number of aromatic nitrogens is 2. The Labute approximate surface area is 112 Å². The van der Waals surface area contributed by atoms with Crippen molar-refractivity contribution in [3.05, 3.63) is 47.4 Å². The van der Waals surface area contributed by atoms with Gasteiger partial charge in [0.05, 0.1) is 17.9 Å². The van der Waals surface area contributed by atoms with E-state index in [4.69, 9.17) is 4.42 Å². The summed E-state index contributed by atoms with van der Waals surface area (Å²) >= 11 is 0. The molecule has 0 aromatic carbocycles. The number of rotatable bonds is 4. The van der Waals surface area contributed by atoms with Crippen LogP contribution in [0.2, 0.25) is 0 Å². The largest absolute Gasteiger partial charge is 0.436 e. The third kappa shape index (κ3) is 3.19. The van der Waals surface area contributed by atoms with Gasteiger partial charge in [0.25, 0.3) is 5.91 Å². The van der Waals surface area contributed by atoms with Crippen molar-refractivity contribution >= 4 is 5.91 Å². The second-order valence-corrected chi connectivity index (χ2v) is 4.61. The minimum absolute atomic E-state index is 0.146. The SMILES string of the molecule is Cc1nc(C(C)C)c(C(=O)NCc2ccccn2)o1. The van der Waals surface area contributed by atoms with Gasteiger partial charge in [-0.05, 0) is 18.1 Å². The molecule has 0 bridgehead atoms. The van der Waals surface area contributed by atoms with Crippen LogP contribution in [0.1, 0.15) is 47.6 Å². The summed E-state index contributed by atoms with van der Waals surface area (Å²) < 4.78 is 5.38. The Bertz CT molecular complexity index is 561. The molecule has 0 saturated heterocycles. The summed E-state index contributed by atoms with van der Waals surface area (Å²) in [4.78, 5) is 20.5. The number of carbonyl (C=O) groups excluding carboxylic acids is 1. The lowest BCUT2D eigenvalue weighted by Gasteiger charge is -2.05. The van der Waals surface area contributed by atoms with Crippen molar-refractivity contribution < 1.29 is 9.21 Å². The normalized spacial score (nSPS) is 10.7. The highest BCUT2D eigenvalue weighted by molar-refractivity contribution is 5.92. The van der Waals surface area contributed by atoms with Crippen molar-refractivity contribution in [1.29, 1.82) is 0 Å². The van der Waals surface area contributed by atoms with E-state index in [2.05, 4.69) is 15.3 Å². The van der Waals surface area contributed by atoms with Crippen LogP contribution in [0.5, 0.6) is 0 Å². The Morgan fingerprint density at radius 2 is 2.21 bits per heavy atom. The highest BCUT2D eigenvalue weighted by Gasteiger charge is 2.20. The molecule has 0 aliphatic rings. The average molecular weight is 259 g/mol. The number of nitrogens with one attached hydrogen (secondary N) is 1. The maximum absolute atomic E-state index is 12.1. The first-order valence-electron chi connectivity index (χ1n) is 6.23. The number of pyridine rings is 1. The molecule has 0 saturated carbocycles. The molecule has 0 radical (unpaired) electrons. The van der Waals surface area contributed by atoms with E-state index >= 15 is 0 Å². The maximum atomic E-state index is 12.1. The quantitative estimate of drug-likeness (QED) is 0.915. The van der Waals surface area contributed by atoms with E-state index in [-0.39, 0.29) is 11.8 Å². The summed E-state index contributed by atoms with van der Waals surface area (Å²) in [6.07, 6.45) is 1.69. The molecule has 2 aromatic heterocycles. The van der Waals surface area contributed by atoms with Gasteiger partial charge in [-0.15, -0.1) is 0 Å². The molecule has 0 aliphatic carbocycles. The smallest absolute Gasteiger partial charge is 0.289 e. The van der Waals surface area contributed by atoms with Crippen molar-refractivity contribution in [1.82, 2.24) is 15.3 Å². The predicted octanol–water partition coefficient (Wildman–Crippen LogP) is 2.43. The van der Waals surface area contributed by atoms with E-state index in [0.29, 0.717) is 23.9 Å². The number of nitrogens with zero attached hydrogens (tertiary/aromatic N) is 2. The van der Waals surface area contributed by atoms with Gasteiger partial charge < -0.3 is 9.73 Å². The van der Waals surface area contributed by atoms with Gasteiger partial charge in [-0.2, -0.15) is 0 Å². The molecule has 1 amide bonds. The van der Waals surface area contributed by atoms with Crippen LogP contribution >= 0.6 is 0 Å². The topological polar surface area (TPSA) is 68.0 Å². The van der Waals surface area contributed by atoms with Gasteiger partial charge >= 0.3 is 0 Å². The highest BCUT2D eigenvalue weighted by atomic mass is 16.4. The molecule has 100 valence electrons. The Hall–Kier alpha value is -2.17. The van der Waals surface area contributed by atoms with Crippen LogP contribution in [-0.2, 0) is 6.54 Å². The van der Waals surface area contributed by atoms with Crippen LogP contribution in [0.3, 0.4) is 0 Å². The molecule has 19 heavy (non-hydrogen) atoms. The van der Waals surface area contributed by atoms with Crippen LogP contribution in [-0.4, -0.2) is 15.9 Å². The molecule has 5 nitrogen and oxygen atoms in total. The van der Waals surface area contributed by atoms with Crippen LogP contribution in [0.15, 0.2) is 28.8 Å². The molecule has 0 fully saturated rings. The first-order chi connectivity index (χ1) is 9.08. The number of hydrogen-bond acceptors (Lipinski definition) is 4. The first-order valence-corrected chi connectivity index (χ1v) is 6.23. The lowest BCUT2D eigenvalue weighted by molar-refractivity contribution is 0.0919. The van der Waals surface area contributed by atoms with Crippen LogP contribution in [0.25, 0.3) is 0 Å². The van der Waals surface area contributed by atoms with Gasteiger partial charge in [-0.25, -0.2) is 4.98 Å². The van der Waals surface area contributed by atoms with E-state index in [9.17, 15) is 4.79 Å². The van der Waals surface area contributed by atoms with Gasteiger partial charge in [0, 0.05) is 13.1 Å². The lowest BCUT2D eigenvalue weighted by Crippen LogP contribution is -2.24. The van der Waals surface area contributed by atoms with Crippen LogP contribution < -0.4 is 5.32 Å². The summed E-state index contributed by atoms with van der Waals surface area (Å²) in [5.74, 6) is 0.693. The van der Waals surface area contributed by atoms with E-state index in [1.165, 1.54) is 0 Å². The van der Waals surface area contributed by atoms with Gasteiger partial charge in [0.15, 0.2) is 5.89 Å². The second-order valence-electron chi connectivity index (χ2n) is 4.61. The molecule has 0 aliphatic heterocycles. The minimum atomic E-state index is -0.255. The zero-order chi connectivity index (χ0) is 13.8. The summed E-state index contributed by atoms with van der Waals surface area (Å²) in [6, 6.07) is 5.57. The van der Waals surface area contributed by atoms with E-state index < -0.39 is 0 Å². The van der Waals surface area contributed by atoms with Gasteiger partial charge in [-0.1, -0.05) is 19.9 Å². The number of carbonyl (C=O) groups is 1. The Morgan fingerprint density at radius 3 is 2.84 bits per heavy atom. The fourth-order valence-corrected chi connectivity index (χ4v) is 1.75. The Balaban J connectivity index is 2.08. The van der Waals surface area contributed by atoms with Gasteiger partial charge in [-0.3, -0.25) is 9.78 Å². The minimum Gasteiger partial charge on any atom is -0.436 e. The molecule has 2 rings (SSSR count). The van der Waals surface area contributed by atoms with E-state index in [0.717, 1.165) is 5.69 Å². The zero-order valence-corrected chi connectivity index (χ0v) is 11.3. The molecule has 2 aromatic rings. The number of amides is 1. The third-order valence-electron chi connectivity index (χ3n) is 2.67. The maximum Gasteiger partial charge on any atom is 0.289 e. The molecule has 5 heteroatoms. The third-order valence-corrected chi connectivity index (χ3v) is 2.67. The Morgan fingerprint density at radius 1 is 1.42 bits per heavy atom. The van der Waals surface area contributed by atoms with Crippen LogP contribution in [0.4, 0.5) is 0 Å². The molecule has 0 unspecified atom stereocenters. The van der Waals surface area contributed by atoms with Crippen LogP contribution in [0, 0.1) is 6.92 Å². The number of aryl methyl sites for hydroxylation is 1. The van der Waals surface area contributed by atoms with Crippen molar-refractivity contribution in [2.24, 2.45) is 0 Å². The summed E-state index contributed by atoms with van der Waals surface area (Å²) in [5.41, 5.74) is 1.49. The van der Waals surface area contributed by atoms with Gasteiger partial charge in [0.1, 0.15) is 0 Å². The summed E-state index contributed by atoms with van der Waals surface area (Å²) in [7, 11) is 0. The van der Waals surface area contributed by atoms with Crippen molar-refractivity contribution in [3.8, 4) is 0 Å². The summed E-state index contributed by atoms with van der Waals surface area (Å²) in [6.45, 7) is 6.07. The number of oxazole rings is 1. The van der Waals surface area contributed by atoms with Crippen molar-refractivity contribution in [2.45, 2.75) is 33.2 Å². The molecular weight excluding hydrogens is 242 g/mol. The fourth-order valence-electron chi connectivity index (χ4n) is 1.75. The fraction of sp³-hybridized carbons (Fsp3) is 0.357. The second kappa shape index (κ2) is 5.65. The lowest BCUT2D eigenvalue weighted by atomic mass is 10.1. The molecule has 2 heterocycles. The zero-order valence-electron chi connectivity index (χ0n) is 11.3. The average Bonchev–Trinajstić information content (AvgIpc) is 2.79. The first kappa shape index (κ1) is 13.3. The molecule has 1 N–H and O–H groups in total. The highest BCUT2D eigenvalue weighted by Crippen LogP contribution is 2.19.